The number of rotatable bonds is 33. The number of amides is 13. The molecule has 108 heavy (non-hydrogen) atoms. The Kier molecular flexibility index (Phi) is 91.5. The molecular formula is C61H91F4N14O22S4Tc3-. The van der Waals surface area contributed by atoms with E-state index in [0.29, 0.717) is 11.6 Å². The van der Waals surface area contributed by atoms with E-state index in [1.165, 1.54) is 19.3 Å². The summed E-state index contributed by atoms with van der Waals surface area (Å²) in [5, 5.41) is 50.2. The summed E-state index contributed by atoms with van der Waals surface area (Å²) in [7, 11) is 0. The van der Waals surface area contributed by atoms with Crippen LogP contribution in [-0.4, -0.2) is 218 Å². The summed E-state index contributed by atoms with van der Waals surface area (Å²) in [5.41, 5.74) is 4.49. The van der Waals surface area contributed by atoms with Crippen molar-refractivity contribution >= 4 is 149 Å². The molecule has 0 aliphatic carbocycles. The minimum absolute atomic E-state index is 0.00997. The van der Waals surface area contributed by atoms with Crippen molar-refractivity contribution in [3.63, 3.8) is 0 Å². The van der Waals surface area contributed by atoms with Gasteiger partial charge in [-0.05, 0) is 39.5 Å². The first-order chi connectivity index (χ1) is 50.8. The molecule has 0 heterocycles. The molecule has 36 nitrogen and oxygen atoms in total. The van der Waals surface area contributed by atoms with E-state index in [1.807, 2.05) is 24.5 Å². The van der Waals surface area contributed by atoms with Crippen LogP contribution in [0.4, 0.5) is 17.6 Å². The van der Waals surface area contributed by atoms with E-state index in [9.17, 15) is 104 Å². The number of thioether (sulfide) groups is 1. The van der Waals surface area contributed by atoms with Crippen molar-refractivity contribution < 1.29 is 176 Å². The van der Waals surface area contributed by atoms with Crippen molar-refractivity contribution in [3.8, 4) is 0 Å². The fourth-order valence-corrected chi connectivity index (χ4v) is 5.92. The number of nitrogens with two attached hydrogens (primary N) is 1. The third-order valence-electron chi connectivity index (χ3n) is 8.96. The van der Waals surface area contributed by atoms with E-state index in [-0.39, 0.29) is 72.3 Å². The van der Waals surface area contributed by atoms with Crippen LogP contribution in [0.2, 0.25) is 0 Å². The van der Waals surface area contributed by atoms with Gasteiger partial charge in [0.25, 0.3) is 0 Å². The number of benzene rings is 2. The Morgan fingerprint density at radius 2 is 0.759 bits per heavy atom. The molecule has 0 spiro atoms. The van der Waals surface area contributed by atoms with Gasteiger partial charge in [-0.15, -0.1) is 0 Å². The summed E-state index contributed by atoms with van der Waals surface area (Å²) >= 11 is 16.8. The number of nitrogens with one attached hydrogen (secondary N) is 10. The van der Waals surface area contributed by atoms with Gasteiger partial charge in [0.1, 0.15) is 6.54 Å². The molecule has 0 saturated heterocycles. The van der Waals surface area contributed by atoms with Gasteiger partial charge in [0.05, 0.1) is 81.8 Å². The van der Waals surface area contributed by atoms with Gasteiger partial charge in [0, 0.05) is 29.7 Å². The fraction of sp³-hybridized carbons (Fsp3) is 0.525. The van der Waals surface area contributed by atoms with Crippen LogP contribution in [0, 0.1) is 23.3 Å². The van der Waals surface area contributed by atoms with E-state index in [1.54, 1.807) is 44.2 Å². The summed E-state index contributed by atoms with van der Waals surface area (Å²) in [6.45, 7) is 14.8. The number of halogens is 4. The van der Waals surface area contributed by atoms with Gasteiger partial charge in [0.15, 0.2) is 46.8 Å². The number of carbonyl (C=O) groups excluding carboxylic acids is 16. The van der Waals surface area contributed by atoms with Crippen molar-refractivity contribution in [2.75, 3.05) is 102 Å². The van der Waals surface area contributed by atoms with Crippen LogP contribution in [0.25, 0.3) is 16.0 Å². The van der Waals surface area contributed by atoms with Crippen LogP contribution >= 0.6 is 11.8 Å². The third-order valence-corrected chi connectivity index (χ3v) is 10.6. The Morgan fingerprint density at radius 1 is 0.463 bits per heavy atom. The molecule has 47 heteroatoms. The molecular weight excluding hydrogens is 1780 g/mol. The monoisotopic (exact) mass is 1870 g/mol. The maximum atomic E-state index is 13.5. The Hall–Kier alpha value is -7.74. The zero-order chi connectivity index (χ0) is 85.7. The van der Waals surface area contributed by atoms with Crippen molar-refractivity contribution in [2.24, 2.45) is 5.73 Å². The zero-order valence-electron chi connectivity index (χ0n) is 60.5. The van der Waals surface area contributed by atoms with Crippen molar-refractivity contribution in [1.82, 2.24) is 53.2 Å². The van der Waals surface area contributed by atoms with Crippen LogP contribution in [0.15, 0.2) is 36.4 Å². The van der Waals surface area contributed by atoms with E-state index in [4.69, 9.17) is 21.4 Å². The van der Waals surface area contributed by atoms with Crippen LogP contribution < -0.4 is 64.0 Å². The molecule has 2 rings (SSSR count). The van der Waals surface area contributed by atoms with Crippen LogP contribution in [0.1, 0.15) is 104 Å². The number of carboxylic acids is 2. The first kappa shape index (κ1) is 119. The summed E-state index contributed by atoms with van der Waals surface area (Å²) in [4.78, 5) is 188. The van der Waals surface area contributed by atoms with Crippen LogP contribution in [0.3, 0.4) is 0 Å². The summed E-state index contributed by atoms with van der Waals surface area (Å²) in [6, 6.07) is 8.80. The van der Waals surface area contributed by atoms with Gasteiger partial charge >= 0.3 is 73.0 Å². The Morgan fingerprint density at radius 3 is 1.08 bits per heavy atom. The van der Waals surface area contributed by atoms with E-state index < -0.39 is 176 Å². The standard InChI is InChI=1S/C15H15F4N3O4S.C15H17N3O6S.C11H20N4O4S.C8H13N3O5S.C3H9N.3C3H8.3O.3Tc/c16-9-2-10(17)15(19)8(14(9)18)1-7(23)3-20-11(24)4-21-12(25)5-22-13(26)6-27;19-11(16-6-12(20)18-8-14(22)23)7-17-13(21)9-25-15(24)10-4-2-1-3-5-10;1-7(2)15-10(18)5-13-8(16)3-12-9(17)4-14-11(19)6-20;12-5(2-10-7(14)4-17)9-1-6(13)11-3-8(15)16;1-3(2)4;3*1-3-2;;;;;;/h2H,1,3-6H2,(H4,20,21,22,24,25,26,27);1-5H,6-9H2,(H,16,19)(H,17,21)(H,18,20)(H,22,23);7H,3-6H2,1-2H3,(H5,12,13,14,15,16,17,18,19,20);1-4H2,(H5,9,10,11,12,13,14,15,16,17);3H,4H2,1-2H3;3*3H2,1-2H3;;;;;;/q;;;;;;;;;;;3*+2/p-7. The van der Waals surface area contributed by atoms with Gasteiger partial charge < -0.3 is 142 Å². The molecule has 0 atom stereocenters. The summed E-state index contributed by atoms with van der Waals surface area (Å²) < 4.78 is 77.7. The molecule has 0 saturated carbocycles. The third kappa shape index (κ3) is 87.2. The molecule has 0 radical (unpaired) electrons. The number of Topliss-reactive ketones (excluding diaryl/α,β-unsaturated/α-hetero) is 1. The number of aliphatic carboxylic acids is 2. The molecule has 0 fully saturated rings. The molecule has 13 N–H and O–H groups in total. The van der Waals surface area contributed by atoms with Gasteiger partial charge in [-0.25, -0.2) is 17.6 Å². The topological polar surface area (TPSA) is 573 Å². The van der Waals surface area contributed by atoms with E-state index in [2.05, 4.69) is 138 Å². The average Bonchev–Trinajstić information content (AvgIpc) is 0.820. The first-order valence-corrected chi connectivity index (χ1v) is 36.0. The van der Waals surface area contributed by atoms with Gasteiger partial charge in [-0.3, -0.25) is 62.3 Å². The number of hydrogen-bond acceptors (Lipinski definition) is 26. The Bertz CT molecular complexity index is 2990. The summed E-state index contributed by atoms with van der Waals surface area (Å²) in [5.74, 6) is -18.8. The SMILES string of the molecule is CC(C)N.CC(C)NC(=O)CNC(=O)C[N-]C(=O)CNC(=O)C[S-].CCC.CCC.CCC.O=C(CNC(=O)C[N-]C(=O)CNC(=O)C[S-])Cc1c(F)c(F)cc(F)c1F.O=C(O)CNC(=O)CNC(=O)CNC(=O)CSC(=O)c1ccccc1.O=C([O-])CNC(=O)C[N-]C(=O)CNC(=O)C[S-].[O]=[Tc+2].[O]=[Tc+2].[O]=[Tc+2]. The molecule has 0 aliphatic heterocycles. The Balaban J connectivity index is -0.000000161. The molecule has 0 aromatic heterocycles. The average molecular weight is 1870 g/mol. The van der Waals surface area contributed by atoms with E-state index in [0.717, 1.165) is 68.3 Å². The predicted octanol–water partition coefficient (Wildman–Crippen LogP) is -2.13. The quantitative estimate of drug-likeness (QED) is 0.0206. The second-order valence-electron chi connectivity index (χ2n) is 20.0. The molecule has 2 aromatic carbocycles. The normalized spacial score (nSPS) is 9.01. The number of hydrogen-bond donors (Lipinski definition) is 12. The molecule has 0 bridgehead atoms. The number of carboxylic acid groups (broad SMARTS) is 2. The van der Waals surface area contributed by atoms with Gasteiger partial charge in [0.2, 0.25) is 46.5 Å². The van der Waals surface area contributed by atoms with Crippen molar-refractivity contribution in [3.05, 3.63) is 86.7 Å². The maximum absolute atomic E-state index is 13.5. The van der Waals surface area contributed by atoms with Gasteiger partial charge in [-0.1, -0.05) is 134 Å². The van der Waals surface area contributed by atoms with Crippen LogP contribution in [-0.2, 0) is 188 Å². The zero-order valence-corrected chi connectivity index (χ0v) is 69.3. The summed E-state index contributed by atoms with van der Waals surface area (Å²) in [6.07, 6.45) is 2.76. The first-order valence-electron chi connectivity index (χ1n) is 31.1. The number of nitrogens with zero attached hydrogens (tertiary/aromatic N) is 3. The minimum atomic E-state index is -1.70. The number of carbonyl (C=O) groups is 17. The van der Waals surface area contributed by atoms with Gasteiger partial charge in [-0.2, -0.15) is 0 Å². The predicted molar refractivity (Wildman–Crippen MR) is 377 cm³/mol. The molecule has 13 amide bonds. The van der Waals surface area contributed by atoms with E-state index >= 15 is 0 Å². The Labute approximate surface area is 675 Å². The second-order valence-corrected chi connectivity index (χ2v) is 21.8. The van der Waals surface area contributed by atoms with Crippen molar-refractivity contribution in [2.45, 2.75) is 107 Å². The fourth-order valence-electron chi connectivity index (χ4n) is 4.94. The molecule has 0 unspecified atom stereocenters. The van der Waals surface area contributed by atoms with Crippen molar-refractivity contribution in [1.29, 1.82) is 0 Å². The second kappa shape index (κ2) is 83.3. The van der Waals surface area contributed by atoms with Crippen LogP contribution in [0.5, 0.6) is 0 Å². The molecule has 2 aromatic rings. The molecule has 0 aliphatic rings. The number of ketones is 1. The molecule has 611 valence electrons.